The first-order chi connectivity index (χ1) is 9.61. The van der Waals surface area contributed by atoms with E-state index in [1.165, 1.54) is 12.8 Å². The molecule has 2 unspecified atom stereocenters. The van der Waals surface area contributed by atoms with Gasteiger partial charge in [-0.1, -0.05) is 18.0 Å². The van der Waals surface area contributed by atoms with E-state index in [-0.39, 0.29) is 17.1 Å². The predicted octanol–water partition coefficient (Wildman–Crippen LogP) is 2.64. The van der Waals surface area contributed by atoms with Gasteiger partial charge in [0.25, 0.3) is 0 Å². The van der Waals surface area contributed by atoms with Crippen LogP contribution in [0.2, 0.25) is 0 Å². The number of hydrogen-bond acceptors (Lipinski definition) is 5. The van der Waals surface area contributed by atoms with Gasteiger partial charge in [0, 0.05) is 13.2 Å². The second kappa shape index (κ2) is 5.11. The van der Waals surface area contributed by atoms with Crippen LogP contribution in [0.4, 0.5) is 0 Å². The minimum atomic E-state index is -0.336. The van der Waals surface area contributed by atoms with E-state index in [2.05, 4.69) is 12.1 Å². The zero-order valence-electron chi connectivity index (χ0n) is 12.5. The van der Waals surface area contributed by atoms with Crippen LogP contribution in [0.25, 0.3) is 0 Å². The molecule has 5 heteroatoms. The lowest BCUT2D eigenvalue weighted by molar-refractivity contribution is -0.0178. The van der Waals surface area contributed by atoms with Crippen LogP contribution < -0.4 is 5.73 Å². The molecule has 0 aromatic carbocycles. The Morgan fingerprint density at radius 2 is 1.90 bits per heavy atom. The van der Waals surface area contributed by atoms with Crippen molar-refractivity contribution in [2.75, 3.05) is 7.11 Å². The van der Waals surface area contributed by atoms with Crippen molar-refractivity contribution >= 4 is 0 Å². The lowest BCUT2D eigenvalue weighted by Crippen LogP contribution is -2.45. The van der Waals surface area contributed by atoms with Gasteiger partial charge in [-0.2, -0.15) is 4.98 Å². The van der Waals surface area contributed by atoms with E-state index in [1.807, 2.05) is 0 Å². The molecule has 0 aliphatic heterocycles. The summed E-state index contributed by atoms with van der Waals surface area (Å²) in [6, 6.07) is 0.103. The van der Waals surface area contributed by atoms with E-state index in [0.29, 0.717) is 11.7 Å². The van der Waals surface area contributed by atoms with E-state index in [1.54, 1.807) is 7.11 Å². The van der Waals surface area contributed by atoms with Crippen molar-refractivity contribution in [1.29, 1.82) is 0 Å². The first-order valence-electron chi connectivity index (χ1n) is 7.76. The minimum absolute atomic E-state index is 0.103. The molecule has 0 saturated heterocycles. The highest BCUT2D eigenvalue weighted by molar-refractivity contribution is 5.13. The van der Waals surface area contributed by atoms with Crippen LogP contribution in [0, 0.1) is 0 Å². The fourth-order valence-electron chi connectivity index (χ4n) is 3.73. The first-order valence-corrected chi connectivity index (χ1v) is 7.76. The Morgan fingerprint density at radius 1 is 1.20 bits per heavy atom. The third-order valence-corrected chi connectivity index (χ3v) is 5.40. The van der Waals surface area contributed by atoms with Crippen LogP contribution in [-0.2, 0) is 15.8 Å². The molecule has 3 rings (SSSR count). The Balaban J connectivity index is 1.90. The summed E-state index contributed by atoms with van der Waals surface area (Å²) in [4.78, 5) is 4.70. The number of rotatable bonds is 3. The SMILES string of the molecule is COC1(c2noc(C3(C)CCCCC3N)n2)CCCC1. The molecule has 0 radical (unpaired) electrons. The van der Waals surface area contributed by atoms with Crippen molar-refractivity contribution in [3.05, 3.63) is 11.7 Å². The summed E-state index contributed by atoms with van der Waals surface area (Å²) in [6.45, 7) is 2.16. The summed E-state index contributed by atoms with van der Waals surface area (Å²) in [5.74, 6) is 1.41. The van der Waals surface area contributed by atoms with Crippen molar-refractivity contribution in [2.45, 2.75) is 75.3 Å². The summed E-state index contributed by atoms with van der Waals surface area (Å²) in [5, 5.41) is 4.23. The molecule has 1 aromatic heterocycles. The molecule has 1 heterocycles. The van der Waals surface area contributed by atoms with E-state index in [9.17, 15) is 0 Å². The van der Waals surface area contributed by atoms with Gasteiger partial charge < -0.3 is 15.0 Å². The van der Waals surface area contributed by atoms with Gasteiger partial charge in [0.1, 0.15) is 5.60 Å². The molecule has 5 nitrogen and oxygen atoms in total. The molecular weight excluding hydrogens is 254 g/mol. The summed E-state index contributed by atoms with van der Waals surface area (Å²) in [6.07, 6.45) is 8.70. The number of methoxy groups -OCH3 is 1. The third kappa shape index (κ3) is 2.07. The normalized spacial score (nSPS) is 33.5. The minimum Gasteiger partial charge on any atom is -0.370 e. The van der Waals surface area contributed by atoms with Crippen molar-refractivity contribution in [3.8, 4) is 0 Å². The Bertz CT molecular complexity index is 467. The molecular formula is C15H25N3O2. The van der Waals surface area contributed by atoms with E-state index in [0.717, 1.165) is 38.5 Å². The van der Waals surface area contributed by atoms with Crippen LogP contribution in [0.3, 0.4) is 0 Å². The average molecular weight is 279 g/mol. The molecule has 0 amide bonds. The summed E-state index contributed by atoms with van der Waals surface area (Å²) in [7, 11) is 1.75. The number of hydrogen-bond donors (Lipinski definition) is 1. The largest absolute Gasteiger partial charge is 0.370 e. The van der Waals surface area contributed by atoms with E-state index < -0.39 is 0 Å². The van der Waals surface area contributed by atoms with Gasteiger partial charge >= 0.3 is 0 Å². The molecule has 112 valence electrons. The highest BCUT2D eigenvalue weighted by atomic mass is 16.5. The van der Waals surface area contributed by atoms with E-state index >= 15 is 0 Å². The molecule has 1 aromatic rings. The van der Waals surface area contributed by atoms with Crippen LogP contribution >= 0.6 is 0 Å². The van der Waals surface area contributed by atoms with Crippen LogP contribution in [0.1, 0.15) is 70.0 Å². The lowest BCUT2D eigenvalue weighted by Gasteiger charge is -2.36. The maximum Gasteiger partial charge on any atom is 0.234 e. The fourth-order valence-corrected chi connectivity index (χ4v) is 3.73. The Labute approximate surface area is 120 Å². The topological polar surface area (TPSA) is 74.2 Å². The van der Waals surface area contributed by atoms with Gasteiger partial charge in [-0.25, -0.2) is 0 Å². The van der Waals surface area contributed by atoms with E-state index in [4.69, 9.17) is 20.0 Å². The summed E-state index contributed by atoms with van der Waals surface area (Å²) < 4.78 is 11.3. The van der Waals surface area contributed by atoms with Gasteiger partial charge in [0.05, 0.1) is 5.41 Å². The highest BCUT2D eigenvalue weighted by Gasteiger charge is 2.44. The molecule has 2 aliphatic carbocycles. The van der Waals surface area contributed by atoms with Crippen LogP contribution in [0.15, 0.2) is 4.52 Å². The van der Waals surface area contributed by atoms with Gasteiger partial charge in [-0.05, 0) is 45.4 Å². The Kier molecular flexibility index (Phi) is 3.58. The number of nitrogens with two attached hydrogens (primary N) is 1. The second-order valence-corrected chi connectivity index (χ2v) is 6.60. The average Bonchev–Trinajstić information content (AvgIpc) is 3.10. The number of aromatic nitrogens is 2. The second-order valence-electron chi connectivity index (χ2n) is 6.60. The van der Waals surface area contributed by atoms with Gasteiger partial charge in [-0.3, -0.25) is 0 Å². The zero-order valence-corrected chi connectivity index (χ0v) is 12.5. The van der Waals surface area contributed by atoms with Gasteiger partial charge in [0.15, 0.2) is 0 Å². The molecule has 0 bridgehead atoms. The smallest absolute Gasteiger partial charge is 0.234 e. The summed E-state index contributed by atoms with van der Waals surface area (Å²) in [5.41, 5.74) is 5.79. The Hall–Kier alpha value is -0.940. The van der Waals surface area contributed by atoms with Gasteiger partial charge in [-0.15, -0.1) is 0 Å². The van der Waals surface area contributed by atoms with Crippen molar-refractivity contribution in [1.82, 2.24) is 10.1 Å². The van der Waals surface area contributed by atoms with Crippen molar-refractivity contribution in [3.63, 3.8) is 0 Å². The highest BCUT2D eigenvalue weighted by Crippen LogP contribution is 2.42. The number of nitrogens with zero attached hydrogens (tertiary/aromatic N) is 2. The lowest BCUT2D eigenvalue weighted by atomic mass is 9.72. The molecule has 2 aliphatic rings. The van der Waals surface area contributed by atoms with Crippen molar-refractivity contribution in [2.24, 2.45) is 5.73 Å². The zero-order chi connectivity index (χ0) is 14.2. The monoisotopic (exact) mass is 279 g/mol. The van der Waals surface area contributed by atoms with Crippen molar-refractivity contribution < 1.29 is 9.26 Å². The maximum atomic E-state index is 6.31. The Morgan fingerprint density at radius 3 is 2.55 bits per heavy atom. The molecule has 2 saturated carbocycles. The molecule has 2 N–H and O–H groups in total. The quantitative estimate of drug-likeness (QED) is 0.920. The van der Waals surface area contributed by atoms with Gasteiger partial charge in [0.2, 0.25) is 11.7 Å². The van der Waals surface area contributed by atoms with Crippen LogP contribution in [0.5, 0.6) is 0 Å². The third-order valence-electron chi connectivity index (χ3n) is 5.40. The molecule has 2 atom stereocenters. The maximum absolute atomic E-state index is 6.31. The molecule has 0 spiro atoms. The first kappa shape index (κ1) is 14.0. The summed E-state index contributed by atoms with van der Waals surface area (Å²) >= 11 is 0. The molecule has 20 heavy (non-hydrogen) atoms. The predicted molar refractivity (Wildman–Crippen MR) is 75.2 cm³/mol. The molecule has 2 fully saturated rings. The standard InChI is InChI=1S/C15H25N3O2/c1-14(8-4-3-7-11(14)16)13-17-12(18-20-13)15(19-2)9-5-6-10-15/h11H,3-10,16H2,1-2H3. The fraction of sp³-hybridized carbons (Fsp3) is 0.867. The van der Waals surface area contributed by atoms with Crippen LogP contribution in [-0.4, -0.2) is 23.3 Å². The number of ether oxygens (including phenoxy) is 1.